The standard InChI is InChI=1S/C21H19N5O2S/c1-14-8-9-18(28-2)17(10-14)25-19(27)12-29-21-16-11-24-26(20(16)22-13-23-21)15-6-4-3-5-7-15/h3-11,13H,12H2,1-2H3,(H,25,27). The van der Waals surface area contributed by atoms with Crippen molar-refractivity contribution in [3.05, 3.63) is 66.6 Å². The van der Waals surface area contributed by atoms with Crippen LogP contribution < -0.4 is 10.1 Å². The summed E-state index contributed by atoms with van der Waals surface area (Å²) < 4.78 is 7.08. The predicted molar refractivity (Wildman–Crippen MR) is 114 cm³/mol. The molecule has 0 saturated carbocycles. The van der Waals surface area contributed by atoms with E-state index in [-0.39, 0.29) is 11.7 Å². The lowest BCUT2D eigenvalue weighted by Crippen LogP contribution is -2.15. The number of carbonyl (C=O) groups excluding carboxylic acids is 1. The highest BCUT2D eigenvalue weighted by Gasteiger charge is 2.14. The summed E-state index contributed by atoms with van der Waals surface area (Å²) in [6, 6.07) is 15.4. The molecule has 0 spiro atoms. The third-order valence-corrected chi connectivity index (χ3v) is 5.30. The Balaban J connectivity index is 1.51. The topological polar surface area (TPSA) is 81.9 Å². The number of ether oxygens (including phenoxy) is 1. The third kappa shape index (κ3) is 4.07. The second-order valence-electron chi connectivity index (χ2n) is 6.35. The highest BCUT2D eigenvalue weighted by atomic mass is 32.2. The molecule has 0 saturated heterocycles. The Labute approximate surface area is 172 Å². The summed E-state index contributed by atoms with van der Waals surface area (Å²) >= 11 is 1.35. The molecule has 1 amide bonds. The van der Waals surface area contributed by atoms with E-state index < -0.39 is 0 Å². The summed E-state index contributed by atoms with van der Waals surface area (Å²) in [6.45, 7) is 1.96. The van der Waals surface area contributed by atoms with Crippen molar-refractivity contribution >= 4 is 34.4 Å². The molecule has 8 heteroatoms. The summed E-state index contributed by atoms with van der Waals surface area (Å²) in [6.07, 6.45) is 3.22. The van der Waals surface area contributed by atoms with Gasteiger partial charge < -0.3 is 10.1 Å². The summed E-state index contributed by atoms with van der Waals surface area (Å²) in [4.78, 5) is 21.2. The summed E-state index contributed by atoms with van der Waals surface area (Å²) in [5.74, 6) is 0.698. The predicted octanol–water partition coefficient (Wildman–Crippen LogP) is 3.86. The van der Waals surface area contributed by atoms with E-state index in [4.69, 9.17) is 4.74 Å². The second kappa shape index (κ2) is 8.32. The first kappa shape index (κ1) is 18.9. The number of carbonyl (C=O) groups is 1. The van der Waals surface area contributed by atoms with Gasteiger partial charge in [0.25, 0.3) is 0 Å². The lowest BCUT2D eigenvalue weighted by atomic mass is 10.2. The molecular formula is C21H19N5O2S. The van der Waals surface area contributed by atoms with Gasteiger partial charge in [0, 0.05) is 0 Å². The molecule has 146 valence electrons. The van der Waals surface area contributed by atoms with Crippen LogP contribution in [0.5, 0.6) is 5.75 Å². The summed E-state index contributed by atoms with van der Waals surface area (Å²) in [5, 5.41) is 8.86. The molecule has 0 aliphatic heterocycles. The minimum absolute atomic E-state index is 0.138. The Morgan fingerprint density at radius 3 is 2.79 bits per heavy atom. The van der Waals surface area contributed by atoms with E-state index >= 15 is 0 Å². The Hall–Kier alpha value is -3.39. The van der Waals surface area contributed by atoms with Gasteiger partial charge in [-0.05, 0) is 36.8 Å². The molecule has 2 aromatic heterocycles. The quantitative estimate of drug-likeness (QED) is 0.387. The fourth-order valence-corrected chi connectivity index (χ4v) is 3.70. The molecule has 2 aromatic carbocycles. The average Bonchev–Trinajstić information content (AvgIpc) is 3.18. The lowest BCUT2D eigenvalue weighted by molar-refractivity contribution is -0.113. The van der Waals surface area contributed by atoms with Crippen LogP contribution in [-0.4, -0.2) is 38.5 Å². The van der Waals surface area contributed by atoms with E-state index in [0.29, 0.717) is 22.1 Å². The van der Waals surface area contributed by atoms with E-state index in [9.17, 15) is 4.79 Å². The van der Waals surface area contributed by atoms with E-state index in [2.05, 4.69) is 20.4 Å². The van der Waals surface area contributed by atoms with Gasteiger partial charge in [0.2, 0.25) is 5.91 Å². The largest absolute Gasteiger partial charge is 0.495 e. The molecule has 4 aromatic rings. The minimum Gasteiger partial charge on any atom is -0.495 e. The maximum atomic E-state index is 12.5. The molecule has 0 fully saturated rings. The van der Waals surface area contributed by atoms with E-state index in [0.717, 1.165) is 16.6 Å². The van der Waals surface area contributed by atoms with Crippen LogP contribution in [-0.2, 0) is 4.79 Å². The highest BCUT2D eigenvalue weighted by molar-refractivity contribution is 8.00. The molecule has 0 unspecified atom stereocenters. The van der Waals surface area contributed by atoms with Crippen LogP contribution in [0.3, 0.4) is 0 Å². The number of nitrogens with one attached hydrogen (secondary N) is 1. The number of hydrogen-bond donors (Lipinski definition) is 1. The summed E-state index contributed by atoms with van der Waals surface area (Å²) in [7, 11) is 1.58. The maximum Gasteiger partial charge on any atom is 0.234 e. The van der Waals surface area contributed by atoms with Crippen molar-refractivity contribution < 1.29 is 9.53 Å². The van der Waals surface area contributed by atoms with Gasteiger partial charge in [-0.2, -0.15) is 5.10 Å². The van der Waals surface area contributed by atoms with Crippen LogP contribution in [0.4, 0.5) is 5.69 Å². The van der Waals surface area contributed by atoms with E-state index in [1.807, 2.05) is 55.5 Å². The zero-order chi connectivity index (χ0) is 20.2. The zero-order valence-corrected chi connectivity index (χ0v) is 16.8. The molecule has 7 nitrogen and oxygen atoms in total. The number of thioether (sulfide) groups is 1. The number of rotatable bonds is 6. The highest BCUT2D eigenvalue weighted by Crippen LogP contribution is 2.28. The molecule has 0 bridgehead atoms. The first-order valence-corrected chi connectivity index (χ1v) is 9.95. The van der Waals surface area contributed by atoms with Crippen molar-refractivity contribution in [2.45, 2.75) is 11.9 Å². The zero-order valence-electron chi connectivity index (χ0n) is 16.0. The van der Waals surface area contributed by atoms with Crippen LogP contribution >= 0.6 is 11.8 Å². The van der Waals surface area contributed by atoms with Crippen molar-refractivity contribution in [3.8, 4) is 11.4 Å². The number of nitrogens with zero attached hydrogens (tertiary/aromatic N) is 4. The number of amides is 1. The van der Waals surface area contributed by atoms with Crippen molar-refractivity contribution in [2.75, 3.05) is 18.2 Å². The van der Waals surface area contributed by atoms with Gasteiger partial charge in [0.1, 0.15) is 17.1 Å². The monoisotopic (exact) mass is 405 g/mol. The number of anilines is 1. The lowest BCUT2D eigenvalue weighted by Gasteiger charge is -2.11. The van der Waals surface area contributed by atoms with Crippen molar-refractivity contribution in [3.63, 3.8) is 0 Å². The van der Waals surface area contributed by atoms with Gasteiger partial charge in [0.15, 0.2) is 5.65 Å². The number of aryl methyl sites for hydroxylation is 1. The van der Waals surface area contributed by atoms with Gasteiger partial charge in [-0.15, -0.1) is 0 Å². The van der Waals surface area contributed by atoms with Crippen LogP contribution in [0.1, 0.15) is 5.56 Å². The molecule has 29 heavy (non-hydrogen) atoms. The van der Waals surface area contributed by atoms with Gasteiger partial charge in [0.05, 0.1) is 35.8 Å². The first-order valence-electron chi connectivity index (χ1n) is 8.97. The van der Waals surface area contributed by atoms with Crippen molar-refractivity contribution in [1.82, 2.24) is 19.7 Å². The Kier molecular flexibility index (Phi) is 5.44. The number of methoxy groups -OCH3 is 1. The Bertz CT molecular complexity index is 1160. The molecule has 0 atom stereocenters. The van der Waals surface area contributed by atoms with Gasteiger partial charge in [-0.3, -0.25) is 4.79 Å². The van der Waals surface area contributed by atoms with Crippen molar-refractivity contribution in [1.29, 1.82) is 0 Å². The molecule has 0 aliphatic carbocycles. The molecule has 0 radical (unpaired) electrons. The smallest absolute Gasteiger partial charge is 0.234 e. The normalized spacial score (nSPS) is 10.8. The summed E-state index contributed by atoms with van der Waals surface area (Å²) in [5.41, 5.74) is 3.32. The van der Waals surface area contributed by atoms with Gasteiger partial charge >= 0.3 is 0 Å². The van der Waals surface area contributed by atoms with Gasteiger partial charge in [-0.25, -0.2) is 14.6 Å². The number of fused-ring (bicyclic) bond motifs is 1. The maximum absolute atomic E-state index is 12.5. The molecular weight excluding hydrogens is 386 g/mol. The fraction of sp³-hybridized carbons (Fsp3) is 0.143. The van der Waals surface area contributed by atoms with E-state index in [1.54, 1.807) is 18.0 Å². The third-order valence-electron chi connectivity index (χ3n) is 4.30. The number of para-hydroxylation sites is 1. The van der Waals surface area contributed by atoms with Gasteiger partial charge in [-0.1, -0.05) is 36.0 Å². The van der Waals surface area contributed by atoms with E-state index in [1.165, 1.54) is 18.1 Å². The van der Waals surface area contributed by atoms with Crippen LogP contribution in [0.15, 0.2) is 66.1 Å². The average molecular weight is 405 g/mol. The number of hydrogen-bond acceptors (Lipinski definition) is 6. The van der Waals surface area contributed by atoms with Crippen molar-refractivity contribution in [2.24, 2.45) is 0 Å². The molecule has 0 aliphatic rings. The van der Waals surface area contributed by atoms with Crippen LogP contribution in [0.2, 0.25) is 0 Å². The number of benzene rings is 2. The Morgan fingerprint density at radius 1 is 1.17 bits per heavy atom. The molecule has 2 heterocycles. The number of aromatic nitrogens is 4. The Morgan fingerprint density at radius 2 is 2.00 bits per heavy atom. The molecule has 1 N–H and O–H groups in total. The second-order valence-corrected chi connectivity index (χ2v) is 7.31. The minimum atomic E-state index is -0.138. The fourth-order valence-electron chi connectivity index (χ4n) is 2.94. The SMILES string of the molecule is COc1ccc(C)cc1NC(=O)CSc1ncnc2c1cnn2-c1ccccc1. The van der Waals surface area contributed by atoms with Crippen LogP contribution in [0.25, 0.3) is 16.7 Å². The molecule has 4 rings (SSSR count). The van der Waals surface area contributed by atoms with Crippen LogP contribution in [0, 0.1) is 6.92 Å². The first-order chi connectivity index (χ1) is 14.2.